The molecule has 5 heteroatoms. The summed E-state index contributed by atoms with van der Waals surface area (Å²) in [7, 11) is 0. The number of carbonyl (C=O) groups is 2. The van der Waals surface area contributed by atoms with E-state index in [0.717, 1.165) is 0 Å². The molecule has 96 valence electrons. The van der Waals surface area contributed by atoms with Crippen molar-refractivity contribution < 1.29 is 9.59 Å². The van der Waals surface area contributed by atoms with E-state index in [1.54, 1.807) is 12.1 Å². The molecule has 1 aliphatic heterocycles. The first-order valence-electron chi connectivity index (χ1n) is 5.95. The van der Waals surface area contributed by atoms with Crippen molar-refractivity contribution in [1.29, 1.82) is 0 Å². The van der Waals surface area contributed by atoms with Gasteiger partial charge in [0.05, 0.1) is 5.56 Å². The number of nitrogens with zero attached hydrogens (tertiary/aromatic N) is 2. The van der Waals surface area contributed by atoms with Crippen LogP contribution in [0.4, 0.5) is 0 Å². The average molecular weight is 267 g/mol. The molecule has 0 spiro atoms. The second-order valence-corrected chi connectivity index (χ2v) is 5.27. The Labute approximate surface area is 111 Å². The topological polar surface area (TPSA) is 50.3 Å². The Bertz CT molecular complexity index is 470. The Morgan fingerprint density at radius 2 is 2.22 bits per heavy atom. The Hall–Kier alpha value is -1.42. The van der Waals surface area contributed by atoms with Gasteiger partial charge in [-0.25, -0.2) is 4.98 Å². The van der Waals surface area contributed by atoms with E-state index in [9.17, 15) is 9.59 Å². The maximum atomic E-state index is 12.2. The smallest absolute Gasteiger partial charge is 0.262 e. The number of pyridine rings is 1. The Balaban J connectivity index is 2.15. The molecule has 0 N–H and O–H groups in total. The first kappa shape index (κ1) is 13.0. The SMILES string of the molecule is CC(C)C1CC(=O)N(C(=O)c2ccc(Cl)nc2)C1. The van der Waals surface area contributed by atoms with Crippen molar-refractivity contribution in [3.8, 4) is 0 Å². The van der Waals surface area contributed by atoms with Crippen molar-refractivity contribution in [3.05, 3.63) is 29.0 Å². The highest BCUT2D eigenvalue weighted by Gasteiger charge is 2.35. The fourth-order valence-corrected chi connectivity index (χ4v) is 2.15. The number of halogens is 1. The third-order valence-electron chi connectivity index (χ3n) is 3.32. The molecule has 2 rings (SSSR count). The van der Waals surface area contributed by atoms with Crippen LogP contribution >= 0.6 is 11.6 Å². The monoisotopic (exact) mass is 266 g/mol. The number of rotatable bonds is 2. The van der Waals surface area contributed by atoms with Gasteiger partial charge in [0.15, 0.2) is 0 Å². The Morgan fingerprint density at radius 1 is 1.50 bits per heavy atom. The maximum absolute atomic E-state index is 12.2. The molecule has 1 aromatic rings. The highest BCUT2D eigenvalue weighted by atomic mass is 35.5. The van der Waals surface area contributed by atoms with Crippen molar-refractivity contribution in [2.24, 2.45) is 11.8 Å². The average Bonchev–Trinajstić information content (AvgIpc) is 2.71. The number of aromatic nitrogens is 1. The molecule has 2 heterocycles. The lowest BCUT2D eigenvalue weighted by atomic mass is 9.95. The molecule has 18 heavy (non-hydrogen) atoms. The van der Waals surface area contributed by atoms with Gasteiger partial charge in [0.1, 0.15) is 5.15 Å². The Morgan fingerprint density at radius 3 is 2.72 bits per heavy atom. The molecule has 0 bridgehead atoms. The largest absolute Gasteiger partial charge is 0.278 e. The van der Waals surface area contributed by atoms with Crippen LogP contribution < -0.4 is 0 Å². The summed E-state index contributed by atoms with van der Waals surface area (Å²) < 4.78 is 0. The van der Waals surface area contributed by atoms with E-state index in [-0.39, 0.29) is 17.7 Å². The number of likely N-dealkylation sites (tertiary alicyclic amines) is 1. The summed E-state index contributed by atoms with van der Waals surface area (Å²) in [6, 6.07) is 3.14. The molecule has 1 atom stereocenters. The highest BCUT2D eigenvalue weighted by molar-refractivity contribution is 6.29. The van der Waals surface area contributed by atoms with Gasteiger partial charge in [-0.1, -0.05) is 25.4 Å². The van der Waals surface area contributed by atoms with Gasteiger partial charge in [0.25, 0.3) is 5.91 Å². The van der Waals surface area contributed by atoms with Gasteiger partial charge in [-0.15, -0.1) is 0 Å². The number of imide groups is 1. The zero-order valence-corrected chi connectivity index (χ0v) is 11.1. The van der Waals surface area contributed by atoms with Crippen LogP contribution in [0.1, 0.15) is 30.6 Å². The minimum absolute atomic E-state index is 0.103. The van der Waals surface area contributed by atoms with Crippen molar-refractivity contribution in [3.63, 3.8) is 0 Å². The zero-order chi connectivity index (χ0) is 13.3. The van der Waals surface area contributed by atoms with Crippen molar-refractivity contribution >= 4 is 23.4 Å². The van der Waals surface area contributed by atoms with Crippen LogP contribution in [-0.4, -0.2) is 28.2 Å². The summed E-state index contributed by atoms with van der Waals surface area (Å²) in [6.45, 7) is 4.63. The standard InChI is InChI=1S/C13H15ClN2O2/c1-8(2)10-5-12(17)16(7-10)13(18)9-3-4-11(14)15-6-9/h3-4,6,8,10H,5,7H2,1-2H3. The first-order valence-corrected chi connectivity index (χ1v) is 6.33. The molecule has 4 nitrogen and oxygen atoms in total. The summed E-state index contributed by atoms with van der Waals surface area (Å²) in [6.07, 6.45) is 1.85. The summed E-state index contributed by atoms with van der Waals surface area (Å²) in [5.74, 6) is 0.262. The quantitative estimate of drug-likeness (QED) is 0.610. The Kier molecular flexibility index (Phi) is 3.66. The second kappa shape index (κ2) is 5.06. The van der Waals surface area contributed by atoms with Crippen LogP contribution in [0.15, 0.2) is 18.3 Å². The summed E-state index contributed by atoms with van der Waals surface area (Å²) in [5, 5.41) is 0.333. The molecule has 0 aliphatic carbocycles. The number of amides is 2. The van der Waals surface area contributed by atoms with E-state index in [4.69, 9.17) is 11.6 Å². The molecular weight excluding hydrogens is 252 g/mol. The van der Waals surface area contributed by atoms with Crippen LogP contribution in [0.2, 0.25) is 5.15 Å². The lowest BCUT2D eigenvalue weighted by Crippen LogP contribution is -2.32. The lowest BCUT2D eigenvalue weighted by Gasteiger charge is -2.16. The molecule has 1 unspecified atom stereocenters. The maximum Gasteiger partial charge on any atom is 0.262 e. The van der Waals surface area contributed by atoms with Crippen molar-refractivity contribution in [1.82, 2.24) is 9.88 Å². The van der Waals surface area contributed by atoms with Crippen molar-refractivity contribution in [2.75, 3.05) is 6.54 Å². The summed E-state index contributed by atoms with van der Waals surface area (Å²) in [5.41, 5.74) is 0.400. The van der Waals surface area contributed by atoms with E-state index < -0.39 is 0 Å². The van der Waals surface area contributed by atoms with E-state index in [0.29, 0.717) is 29.6 Å². The predicted octanol–water partition coefficient (Wildman–Crippen LogP) is 2.38. The van der Waals surface area contributed by atoms with Crippen LogP contribution in [0.5, 0.6) is 0 Å². The molecule has 0 radical (unpaired) electrons. The van der Waals surface area contributed by atoms with Gasteiger partial charge in [0, 0.05) is 19.2 Å². The van der Waals surface area contributed by atoms with E-state index in [1.807, 2.05) is 0 Å². The normalized spacial score (nSPS) is 19.7. The molecule has 0 aromatic carbocycles. The van der Waals surface area contributed by atoms with Gasteiger partial charge < -0.3 is 0 Å². The van der Waals surface area contributed by atoms with Gasteiger partial charge in [-0.2, -0.15) is 0 Å². The third-order valence-corrected chi connectivity index (χ3v) is 3.54. The fraction of sp³-hybridized carbons (Fsp3) is 0.462. The van der Waals surface area contributed by atoms with Gasteiger partial charge in [-0.3, -0.25) is 14.5 Å². The van der Waals surface area contributed by atoms with Gasteiger partial charge in [-0.05, 0) is 24.0 Å². The summed E-state index contributed by atoms with van der Waals surface area (Å²) >= 11 is 5.67. The zero-order valence-electron chi connectivity index (χ0n) is 10.4. The molecule has 1 saturated heterocycles. The van der Waals surface area contributed by atoms with Crippen LogP contribution in [0.3, 0.4) is 0 Å². The molecular formula is C13H15ClN2O2. The van der Waals surface area contributed by atoms with E-state index >= 15 is 0 Å². The van der Waals surface area contributed by atoms with Gasteiger partial charge >= 0.3 is 0 Å². The highest BCUT2D eigenvalue weighted by Crippen LogP contribution is 2.26. The molecule has 0 saturated carbocycles. The second-order valence-electron chi connectivity index (χ2n) is 4.89. The van der Waals surface area contributed by atoms with E-state index in [2.05, 4.69) is 18.8 Å². The summed E-state index contributed by atoms with van der Waals surface area (Å²) in [4.78, 5) is 29.2. The lowest BCUT2D eigenvalue weighted by molar-refractivity contribution is -0.125. The predicted molar refractivity (Wildman–Crippen MR) is 68.2 cm³/mol. The third kappa shape index (κ3) is 2.53. The van der Waals surface area contributed by atoms with Crippen molar-refractivity contribution in [2.45, 2.75) is 20.3 Å². The number of carbonyl (C=O) groups excluding carboxylic acids is 2. The van der Waals surface area contributed by atoms with Gasteiger partial charge in [0.2, 0.25) is 5.91 Å². The minimum Gasteiger partial charge on any atom is -0.278 e. The van der Waals surface area contributed by atoms with Crippen LogP contribution in [0.25, 0.3) is 0 Å². The minimum atomic E-state index is -0.285. The fourth-order valence-electron chi connectivity index (χ4n) is 2.04. The van der Waals surface area contributed by atoms with E-state index in [1.165, 1.54) is 11.1 Å². The molecule has 1 aromatic heterocycles. The van der Waals surface area contributed by atoms with Crippen LogP contribution in [-0.2, 0) is 4.79 Å². The van der Waals surface area contributed by atoms with Crippen LogP contribution in [0, 0.1) is 11.8 Å². The molecule has 1 fully saturated rings. The first-order chi connectivity index (χ1) is 8.49. The molecule has 2 amide bonds. The molecule has 1 aliphatic rings. The number of hydrogen-bond acceptors (Lipinski definition) is 3. The number of hydrogen-bond donors (Lipinski definition) is 0.